The molecule has 2 N–H and O–H groups in total. The highest BCUT2D eigenvalue weighted by atomic mass is 16.5. The van der Waals surface area contributed by atoms with Crippen molar-refractivity contribution < 1.29 is 9.53 Å². The van der Waals surface area contributed by atoms with Crippen LogP contribution in [0.1, 0.15) is 40.0 Å². The summed E-state index contributed by atoms with van der Waals surface area (Å²) in [6.07, 6.45) is 2.78. The van der Waals surface area contributed by atoms with Gasteiger partial charge in [0.1, 0.15) is 0 Å². The highest BCUT2D eigenvalue weighted by Crippen LogP contribution is 2.28. The minimum absolute atomic E-state index is 0.129. The predicted molar refractivity (Wildman–Crippen MR) is 68.9 cm³/mol. The fourth-order valence-corrected chi connectivity index (χ4v) is 2.03. The fraction of sp³-hybridized carbons (Fsp3) is 0.923. The summed E-state index contributed by atoms with van der Waals surface area (Å²) >= 11 is 0. The summed E-state index contributed by atoms with van der Waals surface area (Å²) in [5, 5.41) is 6.28. The van der Waals surface area contributed by atoms with Gasteiger partial charge in [0, 0.05) is 38.8 Å². The zero-order valence-electron chi connectivity index (χ0n) is 11.3. The second-order valence-corrected chi connectivity index (χ2v) is 5.57. The molecule has 1 rings (SSSR count). The first-order valence-corrected chi connectivity index (χ1v) is 6.60. The van der Waals surface area contributed by atoms with Crippen LogP contribution in [0.5, 0.6) is 0 Å². The Bertz CT molecular complexity index is 236. The fourth-order valence-electron chi connectivity index (χ4n) is 2.03. The molecule has 1 amide bonds. The Morgan fingerprint density at radius 3 is 2.59 bits per heavy atom. The first-order chi connectivity index (χ1) is 8.02. The van der Waals surface area contributed by atoms with Crippen molar-refractivity contribution in [2.24, 2.45) is 5.41 Å². The number of carbonyl (C=O) groups is 1. The monoisotopic (exact) mass is 242 g/mol. The van der Waals surface area contributed by atoms with Gasteiger partial charge in [0.15, 0.2) is 0 Å². The molecule has 0 bridgehead atoms. The molecule has 0 atom stereocenters. The number of carbonyl (C=O) groups excluding carboxylic acids is 1. The lowest BCUT2D eigenvalue weighted by Crippen LogP contribution is -2.38. The van der Waals surface area contributed by atoms with Crippen LogP contribution in [0.3, 0.4) is 0 Å². The Kier molecular flexibility index (Phi) is 5.92. The number of hydrogen-bond acceptors (Lipinski definition) is 3. The topological polar surface area (TPSA) is 50.4 Å². The summed E-state index contributed by atoms with van der Waals surface area (Å²) in [4.78, 5) is 11.4. The van der Waals surface area contributed by atoms with Crippen LogP contribution in [0.2, 0.25) is 0 Å². The number of nitrogens with one attached hydrogen (secondary N) is 2. The molecule has 0 unspecified atom stereocenters. The number of hydrogen-bond donors (Lipinski definition) is 2. The van der Waals surface area contributed by atoms with Crippen molar-refractivity contribution in [1.29, 1.82) is 0 Å². The number of amides is 1. The second-order valence-electron chi connectivity index (χ2n) is 5.57. The largest absolute Gasteiger partial charge is 0.381 e. The van der Waals surface area contributed by atoms with Gasteiger partial charge in [-0.05, 0) is 32.1 Å². The zero-order valence-corrected chi connectivity index (χ0v) is 11.3. The molecule has 4 nitrogen and oxygen atoms in total. The molecule has 0 aliphatic carbocycles. The minimum Gasteiger partial charge on any atom is -0.381 e. The second kappa shape index (κ2) is 6.97. The van der Waals surface area contributed by atoms with Gasteiger partial charge in [0.25, 0.3) is 0 Å². The zero-order chi connectivity index (χ0) is 12.7. The number of rotatable bonds is 6. The molecule has 1 aliphatic rings. The van der Waals surface area contributed by atoms with Gasteiger partial charge < -0.3 is 15.4 Å². The third-order valence-corrected chi connectivity index (χ3v) is 3.23. The maximum Gasteiger partial charge on any atom is 0.221 e. The molecule has 0 aromatic carbocycles. The summed E-state index contributed by atoms with van der Waals surface area (Å²) in [7, 11) is 0. The lowest BCUT2D eigenvalue weighted by atomic mass is 9.82. The molecular formula is C13H26N2O2. The standard InChI is InChI=1S/C13H26N2O2/c1-11(2)15-12(16)4-7-14-10-13(3)5-8-17-9-6-13/h11,14H,4-10H2,1-3H3,(H,15,16). The lowest BCUT2D eigenvalue weighted by Gasteiger charge is -2.33. The van der Waals surface area contributed by atoms with E-state index < -0.39 is 0 Å². The van der Waals surface area contributed by atoms with Gasteiger partial charge in [0.05, 0.1) is 0 Å². The van der Waals surface area contributed by atoms with Crippen LogP contribution in [0.15, 0.2) is 0 Å². The van der Waals surface area contributed by atoms with Crippen LogP contribution in [-0.2, 0) is 9.53 Å². The van der Waals surface area contributed by atoms with E-state index in [2.05, 4.69) is 17.6 Å². The Balaban J connectivity index is 2.09. The van der Waals surface area contributed by atoms with Crippen molar-refractivity contribution in [2.45, 2.75) is 46.1 Å². The average molecular weight is 242 g/mol. The van der Waals surface area contributed by atoms with E-state index in [4.69, 9.17) is 4.74 Å². The van der Waals surface area contributed by atoms with Crippen molar-refractivity contribution >= 4 is 5.91 Å². The van der Waals surface area contributed by atoms with E-state index >= 15 is 0 Å². The molecule has 1 aliphatic heterocycles. The Labute approximate surface area is 104 Å². The molecule has 100 valence electrons. The Hall–Kier alpha value is -0.610. The van der Waals surface area contributed by atoms with E-state index in [1.807, 2.05) is 13.8 Å². The summed E-state index contributed by atoms with van der Waals surface area (Å²) < 4.78 is 5.36. The molecule has 1 heterocycles. The van der Waals surface area contributed by atoms with Crippen LogP contribution >= 0.6 is 0 Å². The van der Waals surface area contributed by atoms with E-state index in [0.717, 1.165) is 39.1 Å². The number of ether oxygens (including phenoxy) is 1. The van der Waals surface area contributed by atoms with E-state index in [1.54, 1.807) is 0 Å². The third kappa shape index (κ3) is 6.03. The highest BCUT2D eigenvalue weighted by Gasteiger charge is 2.26. The summed E-state index contributed by atoms with van der Waals surface area (Å²) in [5.41, 5.74) is 0.340. The van der Waals surface area contributed by atoms with Crippen molar-refractivity contribution in [2.75, 3.05) is 26.3 Å². The van der Waals surface area contributed by atoms with Crippen molar-refractivity contribution in [3.05, 3.63) is 0 Å². The highest BCUT2D eigenvalue weighted by molar-refractivity contribution is 5.76. The molecule has 1 saturated heterocycles. The van der Waals surface area contributed by atoms with Gasteiger partial charge in [-0.1, -0.05) is 6.92 Å². The minimum atomic E-state index is 0.129. The summed E-state index contributed by atoms with van der Waals surface area (Å²) in [5.74, 6) is 0.129. The summed E-state index contributed by atoms with van der Waals surface area (Å²) in [6.45, 7) is 9.72. The Morgan fingerprint density at radius 1 is 1.35 bits per heavy atom. The van der Waals surface area contributed by atoms with Gasteiger partial charge >= 0.3 is 0 Å². The molecule has 0 aromatic rings. The van der Waals surface area contributed by atoms with E-state index in [9.17, 15) is 4.79 Å². The maximum atomic E-state index is 11.4. The smallest absolute Gasteiger partial charge is 0.221 e. The SMILES string of the molecule is CC(C)NC(=O)CCNCC1(C)CCOCC1. The van der Waals surface area contributed by atoms with E-state index in [0.29, 0.717) is 11.8 Å². The normalized spacial score (nSPS) is 19.3. The molecule has 0 spiro atoms. The molecule has 0 aromatic heterocycles. The van der Waals surface area contributed by atoms with Gasteiger partial charge in [-0.15, -0.1) is 0 Å². The molecule has 4 heteroatoms. The van der Waals surface area contributed by atoms with Crippen LogP contribution < -0.4 is 10.6 Å². The molecule has 0 radical (unpaired) electrons. The van der Waals surface area contributed by atoms with Gasteiger partial charge in [-0.3, -0.25) is 4.79 Å². The van der Waals surface area contributed by atoms with Crippen molar-refractivity contribution in [1.82, 2.24) is 10.6 Å². The molecule has 1 fully saturated rings. The van der Waals surface area contributed by atoms with Crippen LogP contribution in [0, 0.1) is 5.41 Å². The quantitative estimate of drug-likeness (QED) is 0.690. The molecule has 0 saturated carbocycles. The average Bonchev–Trinajstić information content (AvgIpc) is 2.24. The maximum absolute atomic E-state index is 11.4. The van der Waals surface area contributed by atoms with E-state index in [1.165, 1.54) is 0 Å². The summed E-state index contributed by atoms with van der Waals surface area (Å²) in [6, 6.07) is 0.232. The van der Waals surface area contributed by atoms with Crippen molar-refractivity contribution in [3.8, 4) is 0 Å². The first kappa shape index (κ1) is 14.5. The van der Waals surface area contributed by atoms with E-state index in [-0.39, 0.29) is 11.9 Å². The van der Waals surface area contributed by atoms with Crippen LogP contribution in [-0.4, -0.2) is 38.3 Å². The molecule has 17 heavy (non-hydrogen) atoms. The van der Waals surface area contributed by atoms with Gasteiger partial charge in [-0.2, -0.15) is 0 Å². The third-order valence-electron chi connectivity index (χ3n) is 3.23. The van der Waals surface area contributed by atoms with Crippen LogP contribution in [0.25, 0.3) is 0 Å². The lowest BCUT2D eigenvalue weighted by molar-refractivity contribution is -0.121. The van der Waals surface area contributed by atoms with Gasteiger partial charge in [-0.25, -0.2) is 0 Å². The first-order valence-electron chi connectivity index (χ1n) is 6.60. The Morgan fingerprint density at radius 2 is 2.00 bits per heavy atom. The van der Waals surface area contributed by atoms with Crippen LogP contribution in [0.4, 0.5) is 0 Å². The van der Waals surface area contributed by atoms with Crippen molar-refractivity contribution in [3.63, 3.8) is 0 Å². The predicted octanol–water partition coefficient (Wildman–Crippen LogP) is 1.31. The van der Waals surface area contributed by atoms with Gasteiger partial charge in [0.2, 0.25) is 5.91 Å². The molecular weight excluding hydrogens is 216 g/mol.